The Hall–Kier alpha value is -2.72. The predicted molar refractivity (Wildman–Crippen MR) is 96.6 cm³/mol. The topological polar surface area (TPSA) is 47.6 Å². The second kappa shape index (κ2) is 5.39. The van der Waals surface area contributed by atoms with Gasteiger partial charge >= 0.3 is 0 Å². The van der Waals surface area contributed by atoms with Crippen molar-refractivity contribution in [2.24, 2.45) is 0 Å². The molecule has 3 aromatic rings. The third-order valence-corrected chi connectivity index (χ3v) is 5.19. The minimum Gasteiger partial charge on any atom is -0.454 e. The molecule has 2 heterocycles. The summed E-state index contributed by atoms with van der Waals surface area (Å²) in [5, 5.41) is 5.76. The molecule has 2 aliphatic heterocycles. The highest BCUT2D eigenvalue weighted by atomic mass is 35.5. The van der Waals surface area contributed by atoms with E-state index in [4.69, 9.17) is 21.1 Å². The average Bonchev–Trinajstić information content (AvgIpc) is 3.07. The minimum atomic E-state index is -0.115. The van der Waals surface area contributed by atoms with Crippen molar-refractivity contribution < 1.29 is 14.3 Å². The molecule has 4 nitrogen and oxygen atoms in total. The summed E-state index contributed by atoms with van der Waals surface area (Å²) in [6, 6.07) is 15.9. The SMILES string of the molecule is O=C1C[C@H](c2cc3c(cc2Cl)OCO3)c2ccc3ccccc3c2N1. The van der Waals surface area contributed by atoms with E-state index in [-0.39, 0.29) is 18.6 Å². The van der Waals surface area contributed by atoms with Gasteiger partial charge in [0.05, 0.1) is 5.69 Å². The number of benzene rings is 3. The van der Waals surface area contributed by atoms with Crippen molar-refractivity contribution in [2.45, 2.75) is 12.3 Å². The fraction of sp³-hybridized carbons (Fsp3) is 0.150. The minimum absolute atomic E-state index is 0.0115. The Labute approximate surface area is 149 Å². The third-order valence-electron chi connectivity index (χ3n) is 4.86. The number of nitrogens with one attached hydrogen (secondary N) is 1. The lowest BCUT2D eigenvalue weighted by molar-refractivity contribution is -0.116. The van der Waals surface area contributed by atoms with Crippen molar-refractivity contribution in [3.05, 3.63) is 64.7 Å². The van der Waals surface area contributed by atoms with Gasteiger partial charge in [-0.15, -0.1) is 0 Å². The number of amides is 1. The monoisotopic (exact) mass is 351 g/mol. The number of carbonyl (C=O) groups excluding carboxylic acids is 1. The third kappa shape index (κ3) is 2.25. The van der Waals surface area contributed by atoms with Crippen LogP contribution in [0.4, 0.5) is 5.69 Å². The van der Waals surface area contributed by atoms with Gasteiger partial charge < -0.3 is 14.8 Å². The number of rotatable bonds is 1. The molecule has 1 N–H and O–H groups in total. The summed E-state index contributed by atoms with van der Waals surface area (Å²) in [5.41, 5.74) is 2.82. The van der Waals surface area contributed by atoms with Crippen LogP contribution in [0, 0.1) is 0 Å². The Morgan fingerprint density at radius 1 is 1.00 bits per heavy atom. The summed E-state index contributed by atoms with van der Waals surface area (Å²) in [5.74, 6) is 1.19. The standard InChI is InChI=1S/C20H14ClNO3/c21-16-9-18-17(24-10-25-18)7-15(16)14-8-19(23)22-20-12-4-2-1-3-11(12)5-6-13(14)20/h1-7,9,14H,8,10H2,(H,22,23)/t14-/m0/s1. The molecule has 3 aromatic carbocycles. The Balaban J connectivity index is 1.72. The van der Waals surface area contributed by atoms with E-state index < -0.39 is 0 Å². The van der Waals surface area contributed by atoms with Crippen molar-refractivity contribution in [3.63, 3.8) is 0 Å². The molecule has 1 amide bonds. The van der Waals surface area contributed by atoms with E-state index in [1.807, 2.05) is 30.3 Å². The first-order valence-electron chi connectivity index (χ1n) is 8.11. The summed E-state index contributed by atoms with van der Waals surface area (Å²) in [6.07, 6.45) is 0.352. The lowest BCUT2D eigenvalue weighted by Crippen LogP contribution is -2.24. The number of ether oxygens (including phenoxy) is 2. The summed E-state index contributed by atoms with van der Waals surface area (Å²) < 4.78 is 10.9. The number of fused-ring (bicyclic) bond motifs is 4. The van der Waals surface area contributed by atoms with Gasteiger partial charge in [0.1, 0.15) is 0 Å². The molecule has 0 saturated heterocycles. The van der Waals surface area contributed by atoms with Crippen LogP contribution in [0.1, 0.15) is 23.5 Å². The molecule has 2 aliphatic rings. The van der Waals surface area contributed by atoms with E-state index in [2.05, 4.69) is 17.4 Å². The molecule has 5 heteroatoms. The highest BCUT2D eigenvalue weighted by Gasteiger charge is 2.30. The first-order chi connectivity index (χ1) is 12.2. The lowest BCUT2D eigenvalue weighted by Gasteiger charge is -2.28. The second-order valence-electron chi connectivity index (χ2n) is 6.28. The first-order valence-corrected chi connectivity index (χ1v) is 8.49. The van der Waals surface area contributed by atoms with Crippen LogP contribution in [0.2, 0.25) is 5.02 Å². The van der Waals surface area contributed by atoms with E-state index in [1.54, 1.807) is 6.07 Å². The number of carbonyl (C=O) groups is 1. The van der Waals surface area contributed by atoms with Gasteiger partial charge in [0.2, 0.25) is 12.7 Å². The zero-order valence-corrected chi connectivity index (χ0v) is 14.0. The zero-order chi connectivity index (χ0) is 17.0. The number of hydrogen-bond donors (Lipinski definition) is 1. The molecule has 124 valence electrons. The largest absolute Gasteiger partial charge is 0.454 e. The highest BCUT2D eigenvalue weighted by Crippen LogP contribution is 2.46. The maximum Gasteiger partial charge on any atom is 0.231 e. The van der Waals surface area contributed by atoms with Gasteiger partial charge in [-0.1, -0.05) is 48.0 Å². The molecule has 0 aliphatic carbocycles. The fourth-order valence-corrected chi connectivity index (χ4v) is 3.97. The first kappa shape index (κ1) is 14.6. The van der Waals surface area contributed by atoms with Gasteiger partial charge in [-0.05, 0) is 22.6 Å². The van der Waals surface area contributed by atoms with Crippen molar-refractivity contribution in [1.29, 1.82) is 0 Å². The van der Waals surface area contributed by atoms with Gasteiger partial charge in [0, 0.05) is 28.8 Å². The van der Waals surface area contributed by atoms with Crippen molar-refractivity contribution in [3.8, 4) is 11.5 Å². The maximum atomic E-state index is 12.4. The Kier molecular flexibility index (Phi) is 3.15. The van der Waals surface area contributed by atoms with E-state index in [0.29, 0.717) is 22.9 Å². The quantitative estimate of drug-likeness (QED) is 0.691. The average molecular weight is 352 g/mol. The predicted octanol–water partition coefficient (Wildman–Crippen LogP) is 4.70. The van der Waals surface area contributed by atoms with Crippen LogP contribution in [0.25, 0.3) is 10.8 Å². The molecule has 5 rings (SSSR count). The normalized spacial score (nSPS) is 18.1. The van der Waals surface area contributed by atoms with Crippen LogP contribution in [0.15, 0.2) is 48.5 Å². The van der Waals surface area contributed by atoms with Crippen LogP contribution in [-0.2, 0) is 4.79 Å². The summed E-state index contributed by atoms with van der Waals surface area (Å²) >= 11 is 6.51. The van der Waals surface area contributed by atoms with Crippen LogP contribution < -0.4 is 14.8 Å². The zero-order valence-electron chi connectivity index (χ0n) is 13.2. The summed E-state index contributed by atoms with van der Waals surface area (Å²) in [6.45, 7) is 0.196. The Morgan fingerprint density at radius 2 is 1.80 bits per heavy atom. The van der Waals surface area contributed by atoms with Crippen LogP contribution in [0.3, 0.4) is 0 Å². The second-order valence-corrected chi connectivity index (χ2v) is 6.69. The Morgan fingerprint density at radius 3 is 2.68 bits per heavy atom. The molecule has 1 atom stereocenters. The van der Waals surface area contributed by atoms with E-state index in [0.717, 1.165) is 27.6 Å². The van der Waals surface area contributed by atoms with Crippen LogP contribution in [-0.4, -0.2) is 12.7 Å². The molecular formula is C20H14ClNO3. The van der Waals surface area contributed by atoms with Crippen LogP contribution in [0.5, 0.6) is 11.5 Å². The highest BCUT2D eigenvalue weighted by molar-refractivity contribution is 6.31. The van der Waals surface area contributed by atoms with Crippen molar-refractivity contribution in [1.82, 2.24) is 0 Å². The number of anilines is 1. The molecule has 0 unspecified atom stereocenters. The van der Waals surface area contributed by atoms with E-state index >= 15 is 0 Å². The molecule has 0 spiro atoms. The van der Waals surface area contributed by atoms with Gasteiger partial charge in [-0.25, -0.2) is 0 Å². The van der Waals surface area contributed by atoms with E-state index in [1.165, 1.54) is 0 Å². The Bertz CT molecular complexity index is 1030. The molecule has 25 heavy (non-hydrogen) atoms. The molecule has 0 bridgehead atoms. The smallest absolute Gasteiger partial charge is 0.231 e. The lowest BCUT2D eigenvalue weighted by atomic mass is 9.83. The maximum absolute atomic E-state index is 12.4. The number of hydrogen-bond acceptors (Lipinski definition) is 3. The van der Waals surface area contributed by atoms with Gasteiger partial charge in [-0.2, -0.15) is 0 Å². The van der Waals surface area contributed by atoms with Crippen molar-refractivity contribution >= 4 is 34.0 Å². The molecule has 0 aromatic heterocycles. The molecule has 0 saturated carbocycles. The summed E-state index contributed by atoms with van der Waals surface area (Å²) in [7, 11) is 0. The van der Waals surface area contributed by atoms with Gasteiger partial charge in [0.15, 0.2) is 11.5 Å². The van der Waals surface area contributed by atoms with Crippen LogP contribution >= 0.6 is 11.6 Å². The van der Waals surface area contributed by atoms with Gasteiger partial charge in [-0.3, -0.25) is 4.79 Å². The number of halogens is 1. The van der Waals surface area contributed by atoms with Gasteiger partial charge in [0.25, 0.3) is 0 Å². The molecular weight excluding hydrogens is 338 g/mol. The van der Waals surface area contributed by atoms with E-state index in [9.17, 15) is 4.79 Å². The summed E-state index contributed by atoms with van der Waals surface area (Å²) in [4.78, 5) is 12.4. The van der Waals surface area contributed by atoms with Crippen molar-refractivity contribution in [2.75, 3.05) is 12.1 Å². The molecule has 0 fully saturated rings. The fourth-order valence-electron chi connectivity index (χ4n) is 3.68. The molecule has 0 radical (unpaired) electrons.